The van der Waals surface area contributed by atoms with E-state index in [9.17, 15) is 0 Å². The maximum atomic E-state index is 2.35. The summed E-state index contributed by atoms with van der Waals surface area (Å²) in [6, 6.07) is 60.6. The Hall–Kier alpha value is -6.38. The maximum Gasteiger partial charge on any atom is 0.0490 e. The second-order valence-corrected chi connectivity index (χ2v) is 13.3. The first-order valence-corrected chi connectivity index (χ1v) is 17.9. The predicted octanol–water partition coefficient (Wildman–Crippen LogP) is 14.2. The van der Waals surface area contributed by atoms with Crippen LogP contribution in [0.3, 0.4) is 0 Å². The van der Waals surface area contributed by atoms with Gasteiger partial charge in [-0.15, -0.1) is 0 Å². The molecule has 0 atom stereocenters. The first-order chi connectivity index (χ1) is 25.4. The standard InChI is InChI=1S/C50H44N2/c1-37-13-5-9-17-47(37)51(48-18-10-6-14-38(48)2)45-33-29-43(30-34-45)27-25-41-21-23-42(24-22-41)26-28-44-31-35-46(36-32-44)52(49-19-11-7-15-39(49)3)50-20-12-8-16-40(50)4/h5-36H,1-4H3/b27-25+,28-26+. The smallest absolute Gasteiger partial charge is 0.0490 e. The maximum absolute atomic E-state index is 2.35. The first kappa shape index (κ1) is 34.1. The van der Waals surface area contributed by atoms with Crippen LogP contribution in [0.1, 0.15) is 44.5 Å². The van der Waals surface area contributed by atoms with E-state index in [1.54, 1.807) is 0 Å². The number of rotatable bonds is 10. The minimum absolute atomic E-state index is 1.14. The summed E-state index contributed by atoms with van der Waals surface area (Å²) in [6.07, 6.45) is 8.71. The molecular formula is C50H44N2. The molecule has 7 aromatic rings. The van der Waals surface area contributed by atoms with E-state index in [0.717, 1.165) is 22.5 Å². The van der Waals surface area contributed by atoms with E-state index in [-0.39, 0.29) is 0 Å². The summed E-state index contributed by atoms with van der Waals surface area (Å²) in [5.74, 6) is 0. The zero-order valence-corrected chi connectivity index (χ0v) is 30.4. The van der Waals surface area contributed by atoms with Crippen molar-refractivity contribution in [2.75, 3.05) is 9.80 Å². The van der Waals surface area contributed by atoms with Gasteiger partial charge in [0, 0.05) is 34.1 Å². The minimum Gasteiger partial charge on any atom is -0.310 e. The van der Waals surface area contributed by atoms with Gasteiger partial charge < -0.3 is 9.80 Å². The summed E-state index contributed by atoms with van der Waals surface area (Å²) in [6.45, 7) is 8.68. The molecular weight excluding hydrogens is 629 g/mol. The van der Waals surface area contributed by atoms with Crippen molar-refractivity contribution in [1.82, 2.24) is 0 Å². The van der Waals surface area contributed by atoms with Gasteiger partial charge in [-0.2, -0.15) is 0 Å². The number of hydrogen-bond acceptors (Lipinski definition) is 2. The van der Waals surface area contributed by atoms with Gasteiger partial charge in [-0.3, -0.25) is 0 Å². The number of para-hydroxylation sites is 4. The normalized spacial score (nSPS) is 11.3. The zero-order chi connectivity index (χ0) is 35.9. The summed E-state index contributed by atoms with van der Waals surface area (Å²) in [5.41, 5.74) is 16.7. The van der Waals surface area contributed by atoms with Crippen LogP contribution >= 0.6 is 0 Å². The quantitative estimate of drug-likeness (QED) is 0.133. The summed E-state index contributed by atoms with van der Waals surface area (Å²) in [7, 11) is 0. The summed E-state index contributed by atoms with van der Waals surface area (Å²) >= 11 is 0. The van der Waals surface area contributed by atoms with Gasteiger partial charge in [0.05, 0.1) is 0 Å². The number of aryl methyl sites for hydroxylation is 4. The molecule has 0 aliphatic rings. The van der Waals surface area contributed by atoms with Crippen LogP contribution in [0.2, 0.25) is 0 Å². The largest absolute Gasteiger partial charge is 0.310 e. The number of nitrogens with zero attached hydrogens (tertiary/aromatic N) is 2. The Bertz CT molecular complexity index is 2070. The van der Waals surface area contributed by atoms with Crippen LogP contribution in [0.25, 0.3) is 24.3 Å². The van der Waals surface area contributed by atoms with Crippen LogP contribution in [0.5, 0.6) is 0 Å². The Labute approximate surface area is 309 Å². The summed E-state index contributed by atoms with van der Waals surface area (Å²) in [5, 5.41) is 0. The fraction of sp³-hybridized carbons (Fsp3) is 0.0800. The predicted molar refractivity (Wildman–Crippen MR) is 225 cm³/mol. The molecule has 0 N–H and O–H groups in total. The molecule has 2 nitrogen and oxygen atoms in total. The third kappa shape index (κ3) is 7.67. The van der Waals surface area contributed by atoms with Crippen molar-refractivity contribution in [3.8, 4) is 0 Å². The Morgan fingerprint density at radius 3 is 0.712 bits per heavy atom. The molecule has 0 saturated carbocycles. The summed E-state index contributed by atoms with van der Waals surface area (Å²) in [4.78, 5) is 4.70. The number of anilines is 6. The highest BCUT2D eigenvalue weighted by Gasteiger charge is 2.17. The molecule has 52 heavy (non-hydrogen) atoms. The van der Waals surface area contributed by atoms with E-state index in [4.69, 9.17) is 0 Å². The summed E-state index contributed by atoms with van der Waals surface area (Å²) < 4.78 is 0. The molecule has 0 unspecified atom stereocenters. The highest BCUT2D eigenvalue weighted by Crippen LogP contribution is 2.39. The number of benzene rings is 7. The SMILES string of the molecule is Cc1ccccc1N(c1ccc(/C=C/c2ccc(/C=C/c3ccc(N(c4ccccc4C)c4ccccc4C)cc3)cc2)cc1)c1ccccc1C. The van der Waals surface area contributed by atoms with Gasteiger partial charge in [-0.05, 0) is 121 Å². The lowest BCUT2D eigenvalue weighted by Gasteiger charge is -2.28. The van der Waals surface area contributed by atoms with Crippen molar-refractivity contribution in [3.05, 3.63) is 214 Å². The molecule has 0 saturated heterocycles. The molecule has 0 spiro atoms. The van der Waals surface area contributed by atoms with Crippen LogP contribution < -0.4 is 9.80 Å². The molecule has 0 aliphatic carbocycles. The second kappa shape index (κ2) is 15.7. The lowest BCUT2D eigenvalue weighted by Crippen LogP contribution is -2.12. The Morgan fingerprint density at radius 1 is 0.269 bits per heavy atom. The Morgan fingerprint density at radius 2 is 0.481 bits per heavy atom. The van der Waals surface area contributed by atoms with Crippen LogP contribution in [-0.4, -0.2) is 0 Å². The highest BCUT2D eigenvalue weighted by molar-refractivity contribution is 5.82. The number of hydrogen-bond donors (Lipinski definition) is 0. The molecule has 0 radical (unpaired) electrons. The first-order valence-electron chi connectivity index (χ1n) is 17.9. The monoisotopic (exact) mass is 672 g/mol. The van der Waals surface area contributed by atoms with E-state index >= 15 is 0 Å². The van der Waals surface area contributed by atoms with Crippen molar-refractivity contribution >= 4 is 58.4 Å². The molecule has 7 rings (SSSR count). The minimum atomic E-state index is 1.14. The lowest BCUT2D eigenvalue weighted by atomic mass is 10.1. The van der Waals surface area contributed by atoms with Crippen LogP contribution in [0, 0.1) is 27.7 Å². The van der Waals surface area contributed by atoms with Gasteiger partial charge in [-0.1, -0.05) is 146 Å². The van der Waals surface area contributed by atoms with Gasteiger partial charge in [0.1, 0.15) is 0 Å². The van der Waals surface area contributed by atoms with E-state index in [1.807, 2.05) is 0 Å². The molecule has 2 heteroatoms. The van der Waals surface area contributed by atoms with E-state index in [2.05, 4.69) is 232 Å². The second-order valence-electron chi connectivity index (χ2n) is 13.3. The van der Waals surface area contributed by atoms with Crippen molar-refractivity contribution in [1.29, 1.82) is 0 Å². The van der Waals surface area contributed by atoms with E-state index < -0.39 is 0 Å². The van der Waals surface area contributed by atoms with Crippen LogP contribution in [0.15, 0.2) is 170 Å². The van der Waals surface area contributed by atoms with Gasteiger partial charge in [0.2, 0.25) is 0 Å². The van der Waals surface area contributed by atoms with Crippen molar-refractivity contribution in [2.45, 2.75) is 27.7 Å². The highest BCUT2D eigenvalue weighted by atomic mass is 15.2. The fourth-order valence-electron chi connectivity index (χ4n) is 6.65. The van der Waals surface area contributed by atoms with E-state index in [0.29, 0.717) is 0 Å². The van der Waals surface area contributed by atoms with Gasteiger partial charge in [-0.25, -0.2) is 0 Å². The molecule has 0 heterocycles. The molecule has 0 bridgehead atoms. The van der Waals surface area contributed by atoms with Gasteiger partial charge >= 0.3 is 0 Å². The third-order valence-corrected chi connectivity index (χ3v) is 9.60. The average molecular weight is 673 g/mol. The average Bonchev–Trinajstić information content (AvgIpc) is 3.18. The Balaban J connectivity index is 1.04. The van der Waals surface area contributed by atoms with Crippen LogP contribution in [0.4, 0.5) is 34.1 Å². The molecule has 254 valence electrons. The Kier molecular flexibility index (Phi) is 10.3. The molecule has 7 aromatic carbocycles. The molecule has 0 aromatic heterocycles. The zero-order valence-electron chi connectivity index (χ0n) is 30.4. The molecule has 0 aliphatic heterocycles. The third-order valence-electron chi connectivity index (χ3n) is 9.60. The fourth-order valence-corrected chi connectivity index (χ4v) is 6.65. The van der Waals surface area contributed by atoms with Crippen LogP contribution in [-0.2, 0) is 0 Å². The van der Waals surface area contributed by atoms with Crippen molar-refractivity contribution in [2.24, 2.45) is 0 Å². The van der Waals surface area contributed by atoms with E-state index in [1.165, 1.54) is 56.1 Å². The van der Waals surface area contributed by atoms with Gasteiger partial charge in [0.25, 0.3) is 0 Å². The molecule has 0 amide bonds. The lowest BCUT2D eigenvalue weighted by molar-refractivity contribution is 1.22. The van der Waals surface area contributed by atoms with Crippen molar-refractivity contribution in [3.63, 3.8) is 0 Å². The topological polar surface area (TPSA) is 6.48 Å². The van der Waals surface area contributed by atoms with Gasteiger partial charge in [0.15, 0.2) is 0 Å². The molecule has 0 fully saturated rings. The van der Waals surface area contributed by atoms with Crippen molar-refractivity contribution < 1.29 is 0 Å².